The lowest BCUT2D eigenvalue weighted by Gasteiger charge is -2.16. The van der Waals surface area contributed by atoms with Gasteiger partial charge in [-0.25, -0.2) is 4.39 Å². The minimum atomic E-state index is -0.383. The quantitative estimate of drug-likeness (QED) is 0.877. The van der Waals surface area contributed by atoms with Gasteiger partial charge in [0.15, 0.2) is 0 Å². The average molecular weight is 308 g/mol. The predicted octanol–water partition coefficient (Wildman–Crippen LogP) is 0.835. The minimum Gasteiger partial charge on any atom is -0.384 e. The maximum atomic E-state index is 13.6. The van der Waals surface area contributed by atoms with E-state index >= 15 is 0 Å². The molecule has 1 aromatic carbocycles. The SMILES string of the molecule is CNC(=O)[C@@H]1CN(C(=O)Cc2ccccc2F)C[C@H]1COC. The van der Waals surface area contributed by atoms with Gasteiger partial charge < -0.3 is 15.0 Å². The Morgan fingerprint density at radius 3 is 2.73 bits per heavy atom. The summed E-state index contributed by atoms with van der Waals surface area (Å²) in [6.45, 7) is 1.22. The van der Waals surface area contributed by atoms with Crippen LogP contribution in [-0.2, 0) is 20.7 Å². The highest BCUT2D eigenvalue weighted by Crippen LogP contribution is 2.25. The molecule has 1 N–H and O–H groups in total. The number of rotatable bonds is 5. The van der Waals surface area contributed by atoms with Crippen LogP contribution in [0, 0.1) is 17.7 Å². The first kappa shape index (κ1) is 16.4. The number of hydrogen-bond acceptors (Lipinski definition) is 3. The van der Waals surface area contributed by atoms with Crippen molar-refractivity contribution < 1.29 is 18.7 Å². The Hall–Kier alpha value is -1.95. The van der Waals surface area contributed by atoms with Gasteiger partial charge in [0.05, 0.1) is 18.9 Å². The fraction of sp³-hybridized carbons (Fsp3) is 0.500. The molecule has 120 valence electrons. The van der Waals surface area contributed by atoms with E-state index in [1.807, 2.05) is 0 Å². The lowest BCUT2D eigenvalue weighted by molar-refractivity contribution is -0.130. The van der Waals surface area contributed by atoms with Crippen molar-refractivity contribution in [2.45, 2.75) is 6.42 Å². The lowest BCUT2D eigenvalue weighted by Crippen LogP contribution is -2.35. The van der Waals surface area contributed by atoms with E-state index in [1.54, 1.807) is 37.3 Å². The Bertz CT molecular complexity index is 550. The maximum absolute atomic E-state index is 13.6. The molecule has 1 saturated heterocycles. The zero-order valence-corrected chi connectivity index (χ0v) is 12.8. The van der Waals surface area contributed by atoms with Crippen LogP contribution < -0.4 is 5.32 Å². The lowest BCUT2D eigenvalue weighted by atomic mass is 9.96. The average Bonchev–Trinajstić information content (AvgIpc) is 2.93. The molecule has 0 unspecified atom stereocenters. The number of methoxy groups -OCH3 is 1. The van der Waals surface area contributed by atoms with E-state index < -0.39 is 0 Å². The second-order valence-corrected chi connectivity index (χ2v) is 5.50. The molecule has 0 bridgehead atoms. The third-order valence-corrected chi connectivity index (χ3v) is 4.06. The van der Waals surface area contributed by atoms with Crippen LogP contribution in [0.4, 0.5) is 4.39 Å². The molecule has 0 radical (unpaired) electrons. The van der Waals surface area contributed by atoms with Crippen molar-refractivity contribution in [1.82, 2.24) is 10.2 Å². The molecular weight excluding hydrogens is 287 g/mol. The number of carbonyl (C=O) groups excluding carboxylic acids is 2. The number of amides is 2. The number of nitrogens with zero attached hydrogens (tertiary/aromatic N) is 1. The van der Waals surface area contributed by atoms with Gasteiger partial charge in [-0.2, -0.15) is 0 Å². The monoisotopic (exact) mass is 308 g/mol. The predicted molar refractivity (Wildman–Crippen MR) is 79.6 cm³/mol. The van der Waals surface area contributed by atoms with Gasteiger partial charge in [-0.15, -0.1) is 0 Å². The van der Waals surface area contributed by atoms with Gasteiger partial charge in [0.25, 0.3) is 0 Å². The number of ether oxygens (including phenoxy) is 1. The van der Waals surface area contributed by atoms with Crippen molar-refractivity contribution in [1.29, 1.82) is 0 Å². The summed E-state index contributed by atoms with van der Waals surface area (Å²) in [4.78, 5) is 25.9. The van der Waals surface area contributed by atoms with E-state index in [2.05, 4.69) is 5.32 Å². The molecule has 1 heterocycles. The van der Waals surface area contributed by atoms with Crippen molar-refractivity contribution in [2.75, 3.05) is 33.9 Å². The standard InChI is InChI=1S/C16H21FN2O3/c1-18-16(21)13-9-19(8-12(13)10-22-2)15(20)7-11-5-3-4-6-14(11)17/h3-6,12-13H,7-10H2,1-2H3,(H,18,21)/t12-,13+/m0/s1. The second kappa shape index (κ2) is 7.35. The number of nitrogens with one attached hydrogen (secondary N) is 1. The molecule has 1 aromatic rings. The van der Waals surface area contributed by atoms with Crippen molar-refractivity contribution in [3.63, 3.8) is 0 Å². The highest BCUT2D eigenvalue weighted by atomic mass is 19.1. The molecule has 1 fully saturated rings. The molecular formula is C16H21FN2O3. The van der Waals surface area contributed by atoms with E-state index in [-0.39, 0.29) is 35.9 Å². The number of carbonyl (C=O) groups is 2. The Morgan fingerprint density at radius 1 is 1.36 bits per heavy atom. The van der Waals surface area contributed by atoms with Crippen LogP contribution in [0.3, 0.4) is 0 Å². The molecule has 22 heavy (non-hydrogen) atoms. The molecule has 0 saturated carbocycles. The van der Waals surface area contributed by atoms with Gasteiger partial charge in [-0.3, -0.25) is 9.59 Å². The third-order valence-electron chi connectivity index (χ3n) is 4.06. The molecule has 1 aliphatic heterocycles. The van der Waals surface area contributed by atoms with Gasteiger partial charge in [-0.05, 0) is 11.6 Å². The first-order valence-electron chi connectivity index (χ1n) is 7.28. The van der Waals surface area contributed by atoms with E-state index in [0.717, 1.165) is 0 Å². The zero-order chi connectivity index (χ0) is 16.1. The molecule has 6 heteroatoms. The normalized spacial score (nSPS) is 21.0. The number of halogens is 1. The fourth-order valence-electron chi connectivity index (χ4n) is 2.86. The van der Waals surface area contributed by atoms with Gasteiger partial charge in [0.1, 0.15) is 5.82 Å². The summed E-state index contributed by atoms with van der Waals surface area (Å²) in [6, 6.07) is 6.24. The summed E-state index contributed by atoms with van der Waals surface area (Å²) in [5.74, 6) is -0.962. The van der Waals surface area contributed by atoms with Crippen LogP contribution in [0.15, 0.2) is 24.3 Å². The summed E-state index contributed by atoms with van der Waals surface area (Å²) in [5.41, 5.74) is 0.374. The van der Waals surface area contributed by atoms with Crippen LogP contribution in [0.1, 0.15) is 5.56 Å². The summed E-state index contributed by atoms with van der Waals surface area (Å²) in [7, 11) is 3.15. The summed E-state index contributed by atoms with van der Waals surface area (Å²) in [6.07, 6.45) is 0.00679. The van der Waals surface area contributed by atoms with E-state index in [4.69, 9.17) is 4.74 Å². The number of benzene rings is 1. The molecule has 0 aliphatic carbocycles. The molecule has 1 aliphatic rings. The zero-order valence-electron chi connectivity index (χ0n) is 12.8. The van der Waals surface area contributed by atoms with Crippen LogP contribution in [-0.4, -0.2) is 50.6 Å². The Labute approximate surface area is 129 Å². The van der Waals surface area contributed by atoms with E-state index in [9.17, 15) is 14.0 Å². The van der Waals surface area contributed by atoms with Gasteiger partial charge in [0.2, 0.25) is 11.8 Å². The van der Waals surface area contributed by atoms with Crippen LogP contribution in [0.25, 0.3) is 0 Å². The van der Waals surface area contributed by atoms with Gasteiger partial charge in [0, 0.05) is 33.2 Å². The molecule has 2 rings (SSSR count). The van der Waals surface area contributed by atoms with Crippen molar-refractivity contribution in [2.24, 2.45) is 11.8 Å². The topological polar surface area (TPSA) is 58.6 Å². The van der Waals surface area contributed by atoms with E-state index in [1.165, 1.54) is 6.07 Å². The smallest absolute Gasteiger partial charge is 0.227 e. The molecule has 0 aromatic heterocycles. The highest BCUT2D eigenvalue weighted by molar-refractivity contribution is 5.83. The van der Waals surface area contributed by atoms with Crippen LogP contribution in [0.5, 0.6) is 0 Å². The second-order valence-electron chi connectivity index (χ2n) is 5.50. The largest absolute Gasteiger partial charge is 0.384 e. The molecule has 2 atom stereocenters. The first-order chi connectivity index (χ1) is 10.6. The van der Waals surface area contributed by atoms with Crippen LogP contribution in [0.2, 0.25) is 0 Å². The minimum absolute atomic E-state index is 0.00679. The highest BCUT2D eigenvalue weighted by Gasteiger charge is 2.39. The first-order valence-corrected chi connectivity index (χ1v) is 7.28. The maximum Gasteiger partial charge on any atom is 0.227 e. The summed E-state index contributed by atoms with van der Waals surface area (Å²) >= 11 is 0. The number of likely N-dealkylation sites (tertiary alicyclic amines) is 1. The molecule has 0 spiro atoms. The van der Waals surface area contributed by atoms with Crippen molar-refractivity contribution >= 4 is 11.8 Å². The third kappa shape index (κ3) is 3.62. The Morgan fingerprint density at radius 2 is 2.09 bits per heavy atom. The Kier molecular flexibility index (Phi) is 5.49. The van der Waals surface area contributed by atoms with E-state index in [0.29, 0.717) is 25.3 Å². The van der Waals surface area contributed by atoms with Crippen LogP contribution >= 0.6 is 0 Å². The fourth-order valence-corrected chi connectivity index (χ4v) is 2.86. The van der Waals surface area contributed by atoms with Crippen molar-refractivity contribution in [3.8, 4) is 0 Å². The number of hydrogen-bond donors (Lipinski definition) is 1. The van der Waals surface area contributed by atoms with Crippen molar-refractivity contribution in [3.05, 3.63) is 35.6 Å². The van der Waals surface area contributed by atoms with Gasteiger partial charge >= 0.3 is 0 Å². The van der Waals surface area contributed by atoms with Gasteiger partial charge in [-0.1, -0.05) is 18.2 Å². The summed E-state index contributed by atoms with van der Waals surface area (Å²) < 4.78 is 18.8. The molecule has 2 amide bonds. The Balaban J connectivity index is 2.05. The molecule has 5 nitrogen and oxygen atoms in total. The summed E-state index contributed by atoms with van der Waals surface area (Å²) in [5, 5.41) is 2.62.